The topological polar surface area (TPSA) is 113 Å². The Bertz CT molecular complexity index is 886. The Hall–Kier alpha value is -2.33. The van der Waals surface area contributed by atoms with E-state index < -0.39 is 0 Å². The van der Waals surface area contributed by atoms with Gasteiger partial charge in [0.2, 0.25) is 17.0 Å². The van der Waals surface area contributed by atoms with Crippen molar-refractivity contribution < 1.29 is 9.53 Å². The van der Waals surface area contributed by atoms with Crippen LogP contribution in [0.5, 0.6) is 0 Å². The summed E-state index contributed by atoms with van der Waals surface area (Å²) in [4.78, 5) is 34.2. The summed E-state index contributed by atoms with van der Waals surface area (Å²) in [7, 11) is 0. The number of nitrogens with one attached hydrogen (secondary N) is 2. The number of aromatic nitrogens is 4. The molecule has 0 bridgehead atoms. The Labute approximate surface area is 173 Å². The zero-order valence-electron chi connectivity index (χ0n) is 17.2. The quantitative estimate of drug-likeness (QED) is 0.673. The van der Waals surface area contributed by atoms with Gasteiger partial charge in [0.15, 0.2) is 0 Å². The van der Waals surface area contributed by atoms with Gasteiger partial charge in [-0.25, -0.2) is 4.98 Å². The molecule has 0 aliphatic carbocycles. The average Bonchev–Trinajstić information content (AvgIpc) is 3.17. The Kier molecular flexibility index (Phi) is 7.32. The van der Waals surface area contributed by atoms with Gasteiger partial charge in [0.05, 0.1) is 13.2 Å². The van der Waals surface area contributed by atoms with E-state index in [9.17, 15) is 9.59 Å². The Morgan fingerprint density at radius 2 is 2.00 bits per heavy atom. The van der Waals surface area contributed by atoms with Gasteiger partial charge in [-0.05, 0) is 26.2 Å². The molecule has 0 atom stereocenters. The van der Waals surface area contributed by atoms with Crippen molar-refractivity contribution in [2.75, 3.05) is 36.5 Å². The van der Waals surface area contributed by atoms with E-state index in [1.165, 1.54) is 11.3 Å². The Morgan fingerprint density at radius 1 is 1.28 bits per heavy atom. The number of hydrogen-bond donors (Lipinski definition) is 2. The third kappa shape index (κ3) is 5.39. The van der Waals surface area contributed by atoms with Crippen LogP contribution in [0, 0.1) is 6.92 Å². The predicted octanol–water partition coefficient (Wildman–Crippen LogP) is 2.24. The molecular formula is C19H28N6O3S. The van der Waals surface area contributed by atoms with E-state index in [-0.39, 0.29) is 17.9 Å². The number of aromatic amines is 1. The summed E-state index contributed by atoms with van der Waals surface area (Å²) < 4.78 is 5.33. The molecule has 10 heteroatoms. The molecule has 0 radical (unpaired) electrons. The number of morpholine rings is 1. The zero-order valence-corrected chi connectivity index (χ0v) is 18.0. The fourth-order valence-electron chi connectivity index (χ4n) is 3.32. The molecule has 0 saturated carbocycles. The molecule has 29 heavy (non-hydrogen) atoms. The lowest BCUT2D eigenvalue weighted by Crippen LogP contribution is -2.38. The zero-order chi connectivity index (χ0) is 20.8. The largest absolute Gasteiger partial charge is 0.378 e. The highest BCUT2D eigenvalue weighted by Gasteiger charge is 2.18. The molecule has 2 N–H and O–H groups in total. The molecule has 1 fully saturated rings. The van der Waals surface area contributed by atoms with Crippen molar-refractivity contribution in [1.29, 1.82) is 0 Å². The maximum atomic E-state index is 12.5. The minimum Gasteiger partial charge on any atom is -0.378 e. The number of carbonyl (C=O) groups excluding carboxylic acids is 1. The van der Waals surface area contributed by atoms with Crippen LogP contribution in [0.2, 0.25) is 0 Å². The molecule has 158 valence electrons. The normalized spacial score (nSPS) is 14.4. The van der Waals surface area contributed by atoms with Gasteiger partial charge in [0.1, 0.15) is 5.01 Å². The number of ether oxygens (including phenoxy) is 1. The van der Waals surface area contributed by atoms with Crippen LogP contribution < -0.4 is 15.8 Å². The first-order valence-electron chi connectivity index (χ1n) is 10.1. The highest BCUT2D eigenvalue weighted by atomic mass is 32.1. The molecule has 0 unspecified atom stereocenters. The van der Waals surface area contributed by atoms with E-state index in [2.05, 4.69) is 39.3 Å². The Morgan fingerprint density at radius 3 is 2.66 bits per heavy atom. The number of nitrogens with zero attached hydrogens (tertiary/aromatic N) is 4. The minimum atomic E-state index is -0.196. The molecule has 2 aromatic heterocycles. The highest BCUT2D eigenvalue weighted by molar-refractivity contribution is 7.15. The fraction of sp³-hybridized carbons (Fsp3) is 0.632. The van der Waals surface area contributed by atoms with E-state index >= 15 is 0 Å². The van der Waals surface area contributed by atoms with Crippen LogP contribution in [-0.4, -0.2) is 52.4 Å². The van der Waals surface area contributed by atoms with Crippen molar-refractivity contribution in [2.24, 2.45) is 0 Å². The summed E-state index contributed by atoms with van der Waals surface area (Å²) in [5, 5.41) is 12.5. The maximum Gasteiger partial charge on any atom is 0.255 e. The second-order valence-corrected chi connectivity index (χ2v) is 8.07. The smallest absolute Gasteiger partial charge is 0.255 e. The second-order valence-electron chi connectivity index (χ2n) is 7.06. The summed E-state index contributed by atoms with van der Waals surface area (Å²) in [6.45, 7) is 8.68. The average molecular weight is 421 g/mol. The number of H-pyrrole nitrogens is 1. The van der Waals surface area contributed by atoms with Gasteiger partial charge in [-0.2, -0.15) is 0 Å². The molecule has 1 aliphatic heterocycles. The lowest BCUT2D eigenvalue weighted by Gasteiger charge is -2.27. The molecule has 1 amide bonds. The lowest BCUT2D eigenvalue weighted by atomic mass is 10.1. The number of aryl methyl sites for hydroxylation is 1. The molecule has 1 aliphatic rings. The summed E-state index contributed by atoms with van der Waals surface area (Å²) in [5.74, 6) is 0.746. The van der Waals surface area contributed by atoms with Gasteiger partial charge >= 0.3 is 0 Å². The summed E-state index contributed by atoms with van der Waals surface area (Å²) in [6, 6.07) is 0. The van der Waals surface area contributed by atoms with E-state index in [0.717, 1.165) is 17.8 Å². The number of amides is 1. The fourth-order valence-corrected chi connectivity index (χ4v) is 4.35. The van der Waals surface area contributed by atoms with Crippen molar-refractivity contribution >= 4 is 28.3 Å². The van der Waals surface area contributed by atoms with E-state index in [0.29, 0.717) is 61.0 Å². The van der Waals surface area contributed by atoms with Crippen LogP contribution >= 0.6 is 11.3 Å². The number of carbonyl (C=O) groups is 1. The van der Waals surface area contributed by atoms with E-state index in [1.54, 1.807) is 6.92 Å². The third-order valence-corrected chi connectivity index (χ3v) is 6.15. The van der Waals surface area contributed by atoms with Gasteiger partial charge in [-0.1, -0.05) is 25.2 Å². The first kappa shape index (κ1) is 21.4. The van der Waals surface area contributed by atoms with Crippen LogP contribution in [0.4, 0.5) is 11.1 Å². The lowest BCUT2D eigenvalue weighted by molar-refractivity contribution is -0.116. The van der Waals surface area contributed by atoms with E-state index in [4.69, 9.17) is 4.74 Å². The SMILES string of the molecule is CCC(CC)c1nnc(NC(=O)CCc2c(C)nc(N3CCOCC3)[nH]c2=O)s1. The molecule has 9 nitrogen and oxygen atoms in total. The van der Waals surface area contributed by atoms with Crippen LogP contribution in [0.15, 0.2) is 4.79 Å². The second kappa shape index (κ2) is 9.93. The van der Waals surface area contributed by atoms with Gasteiger partial charge < -0.3 is 15.0 Å². The van der Waals surface area contributed by atoms with Crippen LogP contribution in [0.3, 0.4) is 0 Å². The van der Waals surface area contributed by atoms with Crippen molar-refractivity contribution in [2.45, 2.75) is 52.4 Å². The van der Waals surface area contributed by atoms with Crippen molar-refractivity contribution in [3.63, 3.8) is 0 Å². The Balaban J connectivity index is 1.59. The van der Waals surface area contributed by atoms with Crippen LogP contribution in [0.25, 0.3) is 0 Å². The third-order valence-electron chi connectivity index (χ3n) is 5.14. The van der Waals surface area contributed by atoms with E-state index in [1.807, 2.05) is 4.90 Å². The molecule has 2 aromatic rings. The molecule has 1 saturated heterocycles. The van der Waals surface area contributed by atoms with Crippen LogP contribution in [-0.2, 0) is 16.0 Å². The first-order chi connectivity index (χ1) is 14.0. The van der Waals surface area contributed by atoms with Gasteiger partial charge in [0.25, 0.3) is 5.56 Å². The van der Waals surface area contributed by atoms with Crippen molar-refractivity contribution in [3.8, 4) is 0 Å². The monoisotopic (exact) mass is 420 g/mol. The van der Waals surface area contributed by atoms with Crippen molar-refractivity contribution in [3.05, 3.63) is 26.6 Å². The first-order valence-corrected chi connectivity index (χ1v) is 10.9. The maximum absolute atomic E-state index is 12.5. The van der Waals surface area contributed by atoms with Gasteiger partial charge in [0, 0.05) is 36.7 Å². The molecule has 3 heterocycles. The number of rotatable bonds is 8. The number of anilines is 2. The number of hydrogen-bond acceptors (Lipinski definition) is 8. The summed E-state index contributed by atoms with van der Waals surface area (Å²) in [6.07, 6.45) is 2.49. The van der Waals surface area contributed by atoms with Crippen LogP contribution in [0.1, 0.15) is 55.3 Å². The standard InChI is InChI=1S/C19H28N6O3S/c1-4-13(5-2)17-23-24-19(29-17)21-15(26)7-6-14-12(3)20-18(22-16(14)27)25-8-10-28-11-9-25/h13H,4-11H2,1-3H3,(H,20,22,27)(H,21,24,26). The highest BCUT2D eigenvalue weighted by Crippen LogP contribution is 2.28. The minimum absolute atomic E-state index is 0.183. The van der Waals surface area contributed by atoms with Crippen molar-refractivity contribution in [1.82, 2.24) is 20.2 Å². The summed E-state index contributed by atoms with van der Waals surface area (Å²) >= 11 is 1.41. The molecular weight excluding hydrogens is 392 g/mol. The van der Waals surface area contributed by atoms with Gasteiger partial charge in [-0.15, -0.1) is 10.2 Å². The molecule has 0 spiro atoms. The van der Waals surface area contributed by atoms with Gasteiger partial charge in [-0.3, -0.25) is 14.6 Å². The summed E-state index contributed by atoms with van der Waals surface area (Å²) in [5.41, 5.74) is 0.987. The molecule has 3 rings (SSSR count). The predicted molar refractivity (Wildman–Crippen MR) is 113 cm³/mol. The molecule has 0 aromatic carbocycles.